The zero-order valence-corrected chi connectivity index (χ0v) is 14.1. The Hall–Kier alpha value is -2.31. The van der Waals surface area contributed by atoms with E-state index in [-0.39, 0.29) is 0 Å². The molecule has 0 saturated carbocycles. The molecule has 3 aromatic rings. The van der Waals surface area contributed by atoms with Crippen molar-refractivity contribution in [3.63, 3.8) is 0 Å². The molecule has 1 fully saturated rings. The predicted molar refractivity (Wildman–Crippen MR) is 93.6 cm³/mol. The molecular formula is C18H22N6. The van der Waals surface area contributed by atoms with E-state index in [0.29, 0.717) is 12.1 Å². The second-order valence-corrected chi connectivity index (χ2v) is 6.71. The second-order valence-electron chi connectivity index (χ2n) is 6.71. The minimum atomic E-state index is 0.338. The Morgan fingerprint density at radius 2 is 2.08 bits per heavy atom. The van der Waals surface area contributed by atoms with Crippen molar-refractivity contribution < 1.29 is 0 Å². The number of pyridine rings is 1. The third kappa shape index (κ3) is 2.90. The van der Waals surface area contributed by atoms with E-state index in [1.807, 2.05) is 23.1 Å². The number of benzene rings is 1. The fourth-order valence-corrected chi connectivity index (χ4v) is 3.62. The summed E-state index contributed by atoms with van der Waals surface area (Å²) in [4.78, 5) is 9.18. The van der Waals surface area contributed by atoms with Gasteiger partial charge in [0.25, 0.3) is 0 Å². The van der Waals surface area contributed by atoms with E-state index in [9.17, 15) is 0 Å². The van der Waals surface area contributed by atoms with Crippen LogP contribution in [-0.4, -0.2) is 63.0 Å². The molecule has 1 aromatic carbocycles. The smallest absolute Gasteiger partial charge is 0.0831 e. The molecule has 2 aromatic heterocycles. The average molecular weight is 322 g/mol. The summed E-state index contributed by atoms with van der Waals surface area (Å²) >= 11 is 0. The molecule has 124 valence electrons. The molecule has 0 bridgehead atoms. The summed E-state index contributed by atoms with van der Waals surface area (Å²) < 4.78 is 2.00. The number of hydrogen-bond acceptors (Lipinski definition) is 5. The van der Waals surface area contributed by atoms with Gasteiger partial charge in [-0.3, -0.25) is 9.88 Å². The van der Waals surface area contributed by atoms with Gasteiger partial charge in [-0.2, -0.15) is 0 Å². The van der Waals surface area contributed by atoms with Crippen LogP contribution in [0.3, 0.4) is 0 Å². The first kappa shape index (κ1) is 15.2. The normalized spacial score (nSPS) is 21.8. The van der Waals surface area contributed by atoms with Crippen LogP contribution in [0.25, 0.3) is 10.9 Å². The van der Waals surface area contributed by atoms with E-state index in [0.717, 1.165) is 25.2 Å². The summed E-state index contributed by atoms with van der Waals surface area (Å²) in [7, 11) is 4.28. The van der Waals surface area contributed by atoms with E-state index in [2.05, 4.69) is 63.5 Å². The Labute approximate surface area is 141 Å². The topological polar surface area (TPSA) is 50.1 Å². The van der Waals surface area contributed by atoms with Gasteiger partial charge in [-0.25, -0.2) is 4.68 Å². The zero-order chi connectivity index (χ0) is 16.5. The van der Waals surface area contributed by atoms with Gasteiger partial charge < -0.3 is 4.90 Å². The zero-order valence-electron chi connectivity index (χ0n) is 14.1. The molecule has 0 spiro atoms. The minimum absolute atomic E-state index is 0.338. The molecular weight excluding hydrogens is 300 g/mol. The van der Waals surface area contributed by atoms with Crippen molar-refractivity contribution in [1.82, 2.24) is 29.8 Å². The van der Waals surface area contributed by atoms with Crippen molar-refractivity contribution in [2.75, 3.05) is 27.2 Å². The average Bonchev–Trinajstić information content (AvgIpc) is 3.24. The molecule has 0 unspecified atom stereocenters. The van der Waals surface area contributed by atoms with Crippen LogP contribution in [0, 0.1) is 0 Å². The number of nitrogens with zero attached hydrogens (tertiary/aromatic N) is 6. The van der Waals surface area contributed by atoms with Crippen molar-refractivity contribution in [2.45, 2.75) is 18.6 Å². The maximum absolute atomic E-state index is 4.40. The predicted octanol–water partition coefficient (Wildman–Crippen LogP) is 1.81. The Bertz CT molecular complexity index is 813. The third-order valence-electron chi connectivity index (χ3n) is 4.85. The van der Waals surface area contributed by atoms with Gasteiger partial charge in [0, 0.05) is 43.5 Å². The van der Waals surface area contributed by atoms with Gasteiger partial charge in [-0.1, -0.05) is 17.3 Å². The van der Waals surface area contributed by atoms with Crippen LogP contribution < -0.4 is 0 Å². The van der Waals surface area contributed by atoms with Crippen LogP contribution >= 0.6 is 0 Å². The van der Waals surface area contributed by atoms with Crippen molar-refractivity contribution in [3.05, 3.63) is 54.5 Å². The molecule has 2 atom stereocenters. The molecule has 6 nitrogen and oxygen atoms in total. The van der Waals surface area contributed by atoms with Gasteiger partial charge in [-0.15, -0.1) is 5.10 Å². The largest absolute Gasteiger partial charge is 0.303 e. The van der Waals surface area contributed by atoms with Crippen molar-refractivity contribution in [3.8, 4) is 0 Å². The summed E-state index contributed by atoms with van der Waals surface area (Å²) in [5.41, 5.74) is 2.38. The summed E-state index contributed by atoms with van der Waals surface area (Å²) in [5, 5.41) is 9.39. The van der Waals surface area contributed by atoms with E-state index in [4.69, 9.17) is 0 Å². The van der Waals surface area contributed by atoms with Crippen LogP contribution in [0.5, 0.6) is 0 Å². The highest BCUT2D eigenvalue weighted by molar-refractivity contribution is 5.78. The maximum Gasteiger partial charge on any atom is 0.0831 e. The van der Waals surface area contributed by atoms with E-state index in [1.54, 1.807) is 6.20 Å². The second kappa shape index (κ2) is 6.30. The third-order valence-corrected chi connectivity index (χ3v) is 4.85. The minimum Gasteiger partial charge on any atom is -0.303 e. The van der Waals surface area contributed by atoms with Crippen molar-refractivity contribution in [2.24, 2.45) is 0 Å². The van der Waals surface area contributed by atoms with Crippen LogP contribution in [0.15, 0.2) is 48.9 Å². The fraction of sp³-hybridized carbons (Fsp3) is 0.389. The van der Waals surface area contributed by atoms with Crippen LogP contribution in [0.4, 0.5) is 0 Å². The first-order valence-corrected chi connectivity index (χ1v) is 8.29. The Balaban J connectivity index is 1.54. The standard InChI is InChI=1S/C18H22N6/c1-22(2)17-12-23(13-18(17)24-9-8-20-21-24)11-14-5-6-16-15(10-14)4-3-7-19-16/h3-10,17-18H,11-13H2,1-2H3/t17-,18+/m1/s1. The van der Waals surface area contributed by atoms with E-state index >= 15 is 0 Å². The van der Waals surface area contributed by atoms with Crippen molar-refractivity contribution in [1.29, 1.82) is 0 Å². The summed E-state index contributed by atoms with van der Waals surface area (Å²) in [6.07, 6.45) is 5.56. The lowest BCUT2D eigenvalue weighted by atomic mass is 10.1. The molecule has 0 N–H and O–H groups in total. The number of likely N-dealkylation sites (tertiary alicyclic amines) is 1. The highest BCUT2D eigenvalue weighted by atomic mass is 15.5. The number of hydrogen-bond donors (Lipinski definition) is 0. The molecule has 6 heteroatoms. The lowest BCUT2D eigenvalue weighted by Crippen LogP contribution is -2.36. The monoisotopic (exact) mass is 322 g/mol. The fourth-order valence-electron chi connectivity index (χ4n) is 3.62. The van der Waals surface area contributed by atoms with Gasteiger partial charge in [-0.05, 0) is 37.9 Å². The quantitative estimate of drug-likeness (QED) is 0.733. The highest BCUT2D eigenvalue weighted by Crippen LogP contribution is 2.26. The molecule has 0 amide bonds. The molecule has 1 aliphatic heterocycles. The molecule has 1 aliphatic rings. The molecule has 1 saturated heterocycles. The number of aromatic nitrogens is 4. The van der Waals surface area contributed by atoms with Crippen LogP contribution in [0.1, 0.15) is 11.6 Å². The molecule has 24 heavy (non-hydrogen) atoms. The van der Waals surface area contributed by atoms with Crippen molar-refractivity contribution >= 4 is 10.9 Å². The molecule has 0 radical (unpaired) electrons. The Kier molecular flexibility index (Phi) is 4.00. The van der Waals surface area contributed by atoms with Gasteiger partial charge in [0.1, 0.15) is 0 Å². The molecule has 4 rings (SSSR count). The van der Waals surface area contributed by atoms with Gasteiger partial charge >= 0.3 is 0 Å². The number of fused-ring (bicyclic) bond motifs is 1. The first-order valence-electron chi connectivity index (χ1n) is 8.29. The van der Waals surface area contributed by atoms with Crippen LogP contribution in [-0.2, 0) is 6.54 Å². The van der Waals surface area contributed by atoms with Gasteiger partial charge in [0.05, 0.1) is 17.8 Å². The van der Waals surface area contributed by atoms with Crippen LogP contribution in [0.2, 0.25) is 0 Å². The summed E-state index contributed by atoms with van der Waals surface area (Å²) in [6.45, 7) is 2.96. The summed E-state index contributed by atoms with van der Waals surface area (Å²) in [6, 6.07) is 11.4. The van der Waals surface area contributed by atoms with Gasteiger partial charge in [0.2, 0.25) is 0 Å². The maximum atomic E-state index is 4.40. The van der Waals surface area contributed by atoms with Gasteiger partial charge in [0.15, 0.2) is 0 Å². The number of rotatable bonds is 4. The lowest BCUT2D eigenvalue weighted by Gasteiger charge is -2.24. The summed E-state index contributed by atoms with van der Waals surface area (Å²) in [5.74, 6) is 0. The Morgan fingerprint density at radius 3 is 2.88 bits per heavy atom. The number of likely N-dealkylation sites (N-methyl/N-ethyl adjacent to an activating group) is 1. The van der Waals surface area contributed by atoms with E-state index in [1.165, 1.54) is 10.9 Å². The molecule has 3 heterocycles. The SMILES string of the molecule is CN(C)[C@@H]1CN(Cc2ccc3ncccc3c2)C[C@@H]1n1ccnn1. The molecule has 0 aliphatic carbocycles. The lowest BCUT2D eigenvalue weighted by molar-refractivity contribution is 0.237. The highest BCUT2D eigenvalue weighted by Gasteiger charge is 2.35. The van der Waals surface area contributed by atoms with E-state index < -0.39 is 0 Å². The first-order chi connectivity index (χ1) is 11.7. The Morgan fingerprint density at radius 1 is 1.17 bits per heavy atom.